The molecule has 0 saturated heterocycles. The molecule has 0 fully saturated rings. The monoisotopic (exact) mass is 259 g/mol. The second-order valence-electron chi connectivity index (χ2n) is 6.60. The van der Waals surface area contributed by atoms with Crippen molar-refractivity contribution < 1.29 is 4.79 Å². The average Bonchev–Trinajstić information content (AvgIpc) is 2.66. The third-order valence-corrected chi connectivity index (χ3v) is 4.31. The minimum atomic E-state index is 0.0345. The van der Waals surface area contributed by atoms with Crippen LogP contribution in [0, 0.1) is 5.92 Å². The molecule has 2 nitrogen and oxygen atoms in total. The molecule has 1 atom stereocenters. The summed E-state index contributed by atoms with van der Waals surface area (Å²) in [5, 5.41) is 3.04. The summed E-state index contributed by atoms with van der Waals surface area (Å²) < 4.78 is 0. The molecule has 1 heterocycles. The predicted molar refractivity (Wildman–Crippen MR) is 80.6 cm³/mol. The summed E-state index contributed by atoms with van der Waals surface area (Å²) in [4.78, 5) is 12.2. The summed E-state index contributed by atoms with van der Waals surface area (Å²) in [5.41, 5.74) is 3.64. The first-order chi connectivity index (χ1) is 8.88. The first kappa shape index (κ1) is 14.1. The van der Waals surface area contributed by atoms with Gasteiger partial charge in [0.05, 0.1) is 5.92 Å². The van der Waals surface area contributed by atoms with Crippen LogP contribution in [0.15, 0.2) is 18.2 Å². The molecule has 2 rings (SSSR count). The molecule has 2 heteroatoms. The van der Waals surface area contributed by atoms with E-state index in [1.54, 1.807) is 0 Å². The van der Waals surface area contributed by atoms with Gasteiger partial charge in [0.15, 0.2) is 0 Å². The largest absolute Gasteiger partial charge is 0.325 e. The van der Waals surface area contributed by atoms with E-state index < -0.39 is 0 Å². The number of anilines is 1. The Labute approximate surface area is 116 Å². The number of carbonyl (C=O) groups is 1. The Bertz CT molecular complexity index is 481. The molecule has 1 aromatic carbocycles. The fraction of sp³-hybridized carbons (Fsp3) is 0.588. The highest BCUT2D eigenvalue weighted by atomic mass is 16.2. The highest BCUT2D eigenvalue weighted by Gasteiger charge is 2.35. The number of hydrogen-bond acceptors (Lipinski definition) is 1. The van der Waals surface area contributed by atoms with Crippen LogP contribution in [0.25, 0.3) is 0 Å². The van der Waals surface area contributed by atoms with Crippen molar-refractivity contribution in [2.75, 3.05) is 5.32 Å². The summed E-state index contributed by atoms with van der Waals surface area (Å²) in [6.45, 7) is 11.0. The minimum Gasteiger partial charge on any atom is -0.325 e. The van der Waals surface area contributed by atoms with E-state index in [1.807, 2.05) is 0 Å². The van der Waals surface area contributed by atoms with Crippen molar-refractivity contribution in [1.29, 1.82) is 0 Å². The third kappa shape index (κ3) is 2.54. The summed E-state index contributed by atoms with van der Waals surface area (Å²) >= 11 is 0. The highest BCUT2D eigenvalue weighted by Crippen LogP contribution is 2.41. The molecule has 1 amide bonds. The molecule has 1 aromatic rings. The van der Waals surface area contributed by atoms with E-state index in [9.17, 15) is 4.79 Å². The zero-order valence-corrected chi connectivity index (χ0v) is 12.7. The predicted octanol–water partition coefficient (Wildman–Crippen LogP) is 4.46. The lowest BCUT2D eigenvalue weighted by Gasteiger charge is -2.23. The van der Waals surface area contributed by atoms with Crippen LogP contribution < -0.4 is 5.32 Å². The van der Waals surface area contributed by atoms with Gasteiger partial charge in [0.2, 0.25) is 5.91 Å². The van der Waals surface area contributed by atoms with Crippen LogP contribution in [0.2, 0.25) is 0 Å². The molecular weight excluding hydrogens is 234 g/mol. The molecule has 0 radical (unpaired) electrons. The summed E-state index contributed by atoms with van der Waals surface area (Å²) in [7, 11) is 0. The van der Waals surface area contributed by atoms with E-state index in [0.717, 1.165) is 18.5 Å². The Morgan fingerprint density at radius 3 is 2.37 bits per heavy atom. The van der Waals surface area contributed by atoms with E-state index in [0.29, 0.717) is 5.92 Å². The van der Waals surface area contributed by atoms with Gasteiger partial charge >= 0.3 is 0 Å². The van der Waals surface area contributed by atoms with Gasteiger partial charge in [0, 0.05) is 5.69 Å². The molecule has 1 aliphatic heterocycles. The van der Waals surface area contributed by atoms with Crippen molar-refractivity contribution in [3.05, 3.63) is 29.3 Å². The highest BCUT2D eigenvalue weighted by molar-refractivity contribution is 6.03. The molecule has 1 aliphatic rings. The SMILES string of the molecule is CCC(CC)C1C(=O)Nc2ccc(C(C)(C)C)cc21. The van der Waals surface area contributed by atoms with Crippen LogP contribution >= 0.6 is 0 Å². The van der Waals surface area contributed by atoms with Gasteiger partial charge in [-0.1, -0.05) is 59.6 Å². The van der Waals surface area contributed by atoms with Crippen LogP contribution in [0.4, 0.5) is 5.69 Å². The molecule has 0 aliphatic carbocycles. The van der Waals surface area contributed by atoms with Crippen molar-refractivity contribution in [2.45, 2.75) is 58.8 Å². The molecule has 1 N–H and O–H groups in total. The van der Waals surface area contributed by atoms with E-state index in [1.165, 1.54) is 11.1 Å². The molecule has 0 bridgehead atoms. The summed E-state index contributed by atoms with van der Waals surface area (Å²) in [6.07, 6.45) is 2.10. The maximum Gasteiger partial charge on any atom is 0.232 e. The van der Waals surface area contributed by atoms with Gasteiger partial charge in [-0.05, 0) is 28.5 Å². The van der Waals surface area contributed by atoms with Crippen molar-refractivity contribution in [3.63, 3.8) is 0 Å². The Kier molecular flexibility index (Phi) is 3.71. The van der Waals surface area contributed by atoms with Gasteiger partial charge in [-0.3, -0.25) is 4.79 Å². The Morgan fingerprint density at radius 1 is 1.21 bits per heavy atom. The van der Waals surface area contributed by atoms with Crippen LogP contribution in [0.5, 0.6) is 0 Å². The maximum atomic E-state index is 12.2. The quantitative estimate of drug-likeness (QED) is 0.853. The average molecular weight is 259 g/mol. The molecule has 0 aromatic heterocycles. The third-order valence-electron chi connectivity index (χ3n) is 4.31. The van der Waals surface area contributed by atoms with Gasteiger partial charge in [-0.25, -0.2) is 0 Å². The van der Waals surface area contributed by atoms with Gasteiger partial charge in [-0.15, -0.1) is 0 Å². The lowest BCUT2D eigenvalue weighted by Crippen LogP contribution is -2.20. The summed E-state index contributed by atoms with van der Waals surface area (Å²) in [5.74, 6) is 0.651. The first-order valence-corrected chi connectivity index (χ1v) is 7.33. The topological polar surface area (TPSA) is 29.1 Å². The zero-order valence-electron chi connectivity index (χ0n) is 12.7. The van der Waals surface area contributed by atoms with E-state index in [2.05, 4.69) is 58.1 Å². The molecule has 0 spiro atoms. The lowest BCUT2D eigenvalue weighted by molar-refractivity contribution is -0.118. The van der Waals surface area contributed by atoms with E-state index in [-0.39, 0.29) is 17.2 Å². The molecule has 104 valence electrons. The number of fused-ring (bicyclic) bond motifs is 1. The Morgan fingerprint density at radius 2 is 1.84 bits per heavy atom. The normalized spacial score (nSPS) is 18.6. The van der Waals surface area contributed by atoms with Gasteiger partial charge in [-0.2, -0.15) is 0 Å². The first-order valence-electron chi connectivity index (χ1n) is 7.33. The van der Waals surface area contributed by atoms with Crippen molar-refractivity contribution in [1.82, 2.24) is 0 Å². The number of carbonyl (C=O) groups excluding carboxylic acids is 1. The smallest absolute Gasteiger partial charge is 0.232 e. The molecule has 19 heavy (non-hydrogen) atoms. The fourth-order valence-electron chi connectivity index (χ4n) is 2.98. The van der Waals surface area contributed by atoms with E-state index >= 15 is 0 Å². The lowest BCUT2D eigenvalue weighted by atomic mass is 9.80. The number of nitrogens with one attached hydrogen (secondary N) is 1. The van der Waals surface area contributed by atoms with Crippen molar-refractivity contribution in [2.24, 2.45) is 5.92 Å². The number of hydrogen-bond donors (Lipinski definition) is 1. The molecule has 0 saturated carbocycles. The second-order valence-corrected chi connectivity index (χ2v) is 6.60. The fourth-order valence-corrected chi connectivity index (χ4v) is 2.98. The number of rotatable bonds is 3. The zero-order chi connectivity index (χ0) is 14.2. The molecule has 1 unspecified atom stereocenters. The van der Waals surface area contributed by atoms with Gasteiger partial charge in [0.25, 0.3) is 0 Å². The Hall–Kier alpha value is -1.31. The Balaban J connectivity index is 2.46. The summed E-state index contributed by atoms with van der Waals surface area (Å²) in [6, 6.07) is 6.43. The van der Waals surface area contributed by atoms with Crippen LogP contribution in [-0.4, -0.2) is 5.91 Å². The van der Waals surface area contributed by atoms with Crippen LogP contribution in [-0.2, 0) is 10.2 Å². The van der Waals surface area contributed by atoms with E-state index in [4.69, 9.17) is 0 Å². The van der Waals surface area contributed by atoms with Crippen LogP contribution in [0.3, 0.4) is 0 Å². The molecular formula is C17H25NO. The van der Waals surface area contributed by atoms with Crippen molar-refractivity contribution >= 4 is 11.6 Å². The minimum absolute atomic E-state index is 0.0345. The van der Waals surface area contributed by atoms with Crippen LogP contribution in [0.1, 0.15) is 64.5 Å². The second kappa shape index (κ2) is 4.99. The van der Waals surface area contributed by atoms with Gasteiger partial charge < -0.3 is 5.32 Å². The standard InChI is InChI=1S/C17H25NO/c1-6-11(7-2)15-13-10-12(17(3,4)5)8-9-14(13)18-16(15)19/h8-11,15H,6-7H2,1-5H3,(H,18,19). The number of benzene rings is 1. The van der Waals surface area contributed by atoms with Crippen molar-refractivity contribution in [3.8, 4) is 0 Å². The maximum absolute atomic E-state index is 12.2. The van der Waals surface area contributed by atoms with Gasteiger partial charge in [0.1, 0.15) is 0 Å². The number of amides is 1.